The van der Waals surface area contributed by atoms with Crippen LogP contribution in [0.1, 0.15) is 59.8 Å². The van der Waals surface area contributed by atoms with E-state index in [1.165, 1.54) is 4.90 Å². The molecule has 132 valence electrons. The van der Waals surface area contributed by atoms with Gasteiger partial charge >= 0.3 is 12.1 Å². The first-order chi connectivity index (χ1) is 10.6. The zero-order chi connectivity index (χ0) is 17.4. The number of carbonyl (C=O) groups excluding carboxylic acids is 1. The number of nitrogens with zero attached hydrogens (tertiary/aromatic N) is 1. The number of piperidine rings is 1. The third-order valence-electron chi connectivity index (χ3n) is 5.03. The largest absolute Gasteiger partial charge is 0.480 e. The molecule has 2 rings (SSSR count). The third kappa shape index (κ3) is 3.97. The Morgan fingerprint density at radius 3 is 2.39 bits per heavy atom. The summed E-state index contributed by atoms with van der Waals surface area (Å²) >= 11 is 0. The summed E-state index contributed by atoms with van der Waals surface area (Å²) < 4.78 is 5.46. The second-order valence-electron chi connectivity index (χ2n) is 7.84. The Labute approximate surface area is 137 Å². The monoisotopic (exact) mass is 327 g/mol. The van der Waals surface area contributed by atoms with Gasteiger partial charge < -0.3 is 14.9 Å². The van der Waals surface area contributed by atoms with E-state index in [2.05, 4.69) is 0 Å². The van der Waals surface area contributed by atoms with Gasteiger partial charge in [-0.25, -0.2) is 9.59 Å². The predicted octanol–water partition coefficient (Wildman–Crippen LogP) is 2.64. The Morgan fingerprint density at radius 1 is 1.22 bits per heavy atom. The van der Waals surface area contributed by atoms with Crippen LogP contribution in [0.3, 0.4) is 0 Å². The van der Waals surface area contributed by atoms with Crippen LogP contribution < -0.4 is 0 Å². The number of likely N-dealkylation sites (tertiary alicyclic amines) is 1. The lowest BCUT2D eigenvalue weighted by Crippen LogP contribution is -2.61. The Balaban J connectivity index is 2.28. The fourth-order valence-electron chi connectivity index (χ4n) is 4.17. The van der Waals surface area contributed by atoms with Gasteiger partial charge in [0, 0.05) is 6.04 Å². The molecule has 2 aliphatic rings. The van der Waals surface area contributed by atoms with Gasteiger partial charge in [-0.1, -0.05) is 6.92 Å². The molecule has 6 heteroatoms. The number of carbonyl (C=O) groups is 2. The number of aliphatic hydroxyl groups excluding tert-OH is 1. The first-order valence-electron chi connectivity index (χ1n) is 8.56. The molecule has 0 aromatic carbocycles. The molecule has 2 fully saturated rings. The molecule has 2 N–H and O–H groups in total. The highest BCUT2D eigenvalue weighted by molar-refractivity contribution is 5.80. The van der Waals surface area contributed by atoms with Crippen molar-refractivity contribution in [3.05, 3.63) is 0 Å². The number of hydrogen-bond donors (Lipinski definition) is 2. The van der Waals surface area contributed by atoms with Gasteiger partial charge in [-0.15, -0.1) is 0 Å². The minimum absolute atomic E-state index is 0.141. The van der Waals surface area contributed by atoms with Gasteiger partial charge in [-0.3, -0.25) is 4.90 Å². The van der Waals surface area contributed by atoms with E-state index in [0.717, 1.165) is 12.8 Å². The van der Waals surface area contributed by atoms with Crippen LogP contribution in [0.4, 0.5) is 4.79 Å². The summed E-state index contributed by atoms with van der Waals surface area (Å²) in [5.41, 5.74) is -0.655. The van der Waals surface area contributed by atoms with Crippen LogP contribution in [0.15, 0.2) is 0 Å². The number of ether oxygens (including phenoxy) is 1. The van der Waals surface area contributed by atoms with Crippen molar-refractivity contribution in [2.24, 2.45) is 11.8 Å². The SMILES string of the molecule is CCC1C2CCC(O)CC2CC(C(=O)O)N1C(=O)OC(C)(C)C. The lowest BCUT2D eigenvalue weighted by Gasteiger charge is -2.50. The quantitative estimate of drug-likeness (QED) is 0.814. The zero-order valence-electron chi connectivity index (χ0n) is 14.5. The predicted molar refractivity (Wildman–Crippen MR) is 85.0 cm³/mol. The number of carboxylic acids is 1. The number of rotatable bonds is 2. The van der Waals surface area contributed by atoms with Gasteiger partial charge in [0.2, 0.25) is 0 Å². The molecule has 1 saturated heterocycles. The van der Waals surface area contributed by atoms with Gasteiger partial charge in [-0.05, 0) is 64.7 Å². The Bertz CT molecular complexity index is 458. The summed E-state index contributed by atoms with van der Waals surface area (Å²) in [5.74, 6) is -0.595. The van der Waals surface area contributed by atoms with Gasteiger partial charge in [0.15, 0.2) is 0 Å². The van der Waals surface area contributed by atoms with Gasteiger partial charge in [-0.2, -0.15) is 0 Å². The van der Waals surface area contributed by atoms with E-state index in [0.29, 0.717) is 19.3 Å². The van der Waals surface area contributed by atoms with Crippen molar-refractivity contribution in [3.63, 3.8) is 0 Å². The molecular weight excluding hydrogens is 298 g/mol. The van der Waals surface area contributed by atoms with Gasteiger partial charge in [0.25, 0.3) is 0 Å². The third-order valence-corrected chi connectivity index (χ3v) is 5.03. The van der Waals surface area contributed by atoms with Crippen LogP contribution in [-0.4, -0.2) is 51.0 Å². The highest BCUT2D eigenvalue weighted by atomic mass is 16.6. The topological polar surface area (TPSA) is 87.1 Å². The molecule has 6 nitrogen and oxygen atoms in total. The number of hydrogen-bond acceptors (Lipinski definition) is 4. The molecule has 0 aromatic rings. The highest BCUT2D eigenvalue weighted by Gasteiger charge is 2.49. The molecule has 23 heavy (non-hydrogen) atoms. The molecule has 0 spiro atoms. The van der Waals surface area contributed by atoms with Gasteiger partial charge in [0.1, 0.15) is 11.6 Å². The first kappa shape index (κ1) is 18.0. The Hall–Kier alpha value is -1.30. The highest BCUT2D eigenvalue weighted by Crippen LogP contribution is 2.43. The summed E-state index contributed by atoms with van der Waals surface area (Å²) in [6.45, 7) is 7.33. The minimum atomic E-state index is -0.993. The van der Waals surface area contributed by atoms with E-state index < -0.39 is 23.7 Å². The van der Waals surface area contributed by atoms with E-state index >= 15 is 0 Å². The number of aliphatic hydroxyl groups is 1. The second kappa shape index (κ2) is 6.67. The maximum absolute atomic E-state index is 12.6. The van der Waals surface area contributed by atoms with E-state index in [1.807, 2.05) is 6.92 Å². The van der Waals surface area contributed by atoms with E-state index in [-0.39, 0.29) is 24.0 Å². The van der Waals surface area contributed by atoms with Crippen molar-refractivity contribution in [2.75, 3.05) is 0 Å². The fraction of sp³-hybridized carbons (Fsp3) is 0.882. The maximum Gasteiger partial charge on any atom is 0.411 e. The number of fused-ring (bicyclic) bond motifs is 1. The normalized spacial score (nSPS) is 34.7. The maximum atomic E-state index is 12.6. The summed E-state index contributed by atoms with van der Waals surface area (Å²) in [4.78, 5) is 25.8. The molecule has 5 unspecified atom stereocenters. The molecule has 0 aromatic heterocycles. The van der Waals surface area contributed by atoms with Crippen molar-refractivity contribution >= 4 is 12.1 Å². The lowest BCUT2D eigenvalue weighted by molar-refractivity contribution is -0.150. The van der Waals surface area contributed by atoms with Crippen LogP contribution in [0.5, 0.6) is 0 Å². The molecular formula is C17H29NO5. The molecule has 1 aliphatic heterocycles. The van der Waals surface area contributed by atoms with Crippen molar-refractivity contribution in [2.45, 2.75) is 83.6 Å². The zero-order valence-corrected chi connectivity index (χ0v) is 14.5. The second-order valence-corrected chi connectivity index (χ2v) is 7.84. The molecule has 5 atom stereocenters. The van der Waals surface area contributed by atoms with E-state index in [1.54, 1.807) is 20.8 Å². The van der Waals surface area contributed by atoms with Crippen molar-refractivity contribution < 1.29 is 24.5 Å². The Morgan fingerprint density at radius 2 is 1.87 bits per heavy atom. The fourth-order valence-corrected chi connectivity index (χ4v) is 4.17. The van der Waals surface area contributed by atoms with Crippen LogP contribution in [-0.2, 0) is 9.53 Å². The van der Waals surface area contributed by atoms with Crippen LogP contribution in [0, 0.1) is 11.8 Å². The van der Waals surface area contributed by atoms with Crippen LogP contribution >= 0.6 is 0 Å². The summed E-state index contributed by atoms with van der Waals surface area (Å²) in [6, 6.07) is -1.02. The van der Waals surface area contributed by atoms with E-state index in [9.17, 15) is 19.8 Å². The molecule has 1 heterocycles. The van der Waals surface area contributed by atoms with Crippen molar-refractivity contribution in [1.82, 2.24) is 4.90 Å². The van der Waals surface area contributed by atoms with Crippen molar-refractivity contribution in [3.8, 4) is 0 Å². The van der Waals surface area contributed by atoms with Gasteiger partial charge in [0.05, 0.1) is 6.10 Å². The van der Waals surface area contributed by atoms with Crippen molar-refractivity contribution in [1.29, 1.82) is 0 Å². The molecule has 0 radical (unpaired) electrons. The van der Waals surface area contributed by atoms with E-state index in [4.69, 9.17) is 4.74 Å². The average molecular weight is 327 g/mol. The lowest BCUT2D eigenvalue weighted by atomic mass is 9.67. The molecule has 1 amide bonds. The summed E-state index contributed by atoms with van der Waals surface area (Å²) in [5, 5.41) is 19.5. The molecule has 1 aliphatic carbocycles. The molecule has 1 saturated carbocycles. The average Bonchev–Trinajstić information content (AvgIpc) is 2.42. The number of carboxylic acid groups (broad SMARTS) is 1. The summed E-state index contributed by atoms with van der Waals surface area (Å²) in [7, 11) is 0. The Kier molecular flexibility index (Phi) is 5.23. The number of amides is 1. The summed E-state index contributed by atoms with van der Waals surface area (Å²) in [6.07, 6.45) is 2.38. The standard InChI is InChI=1S/C17H29NO5/c1-5-13-12-7-6-11(19)8-10(12)9-14(15(20)21)18(13)16(22)23-17(2,3)4/h10-14,19H,5-9H2,1-4H3,(H,20,21). The number of aliphatic carboxylic acids is 1. The molecule has 0 bridgehead atoms. The smallest absolute Gasteiger partial charge is 0.411 e. The minimum Gasteiger partial charge on any atom is -0.480 e. The van der Waals surface area contributed by atoms with Crippen LogP contribution in [0.25, 0.3) is 0 Å². The first-order valence-corrected chi connectivity index (χ1v) is 8.56. The van der Waals surface area contributed by atoms with Crippen LogP contribution in [0.2, 0.25) is 0 Å².